The molecule has 1 heterocycles. The highest BCUT2D eigenvalue weighted by atomic mass is 32.2. The molecule has 128 valence electrons. The molecule has 0 aliphatic carbocycles. The van der Waals surface area contributed by atoms with Gasteiger partial charge in [-0.05, 0) is 31.2 Å². The first-order chi connectivity index (χ1) is 11.6. The maximum Gasteiger partial charge on any atom is 0.413 e. The Morgan fingerprint density at radius 1 is 1.25 bits per heavy atom. The molecule has 0 unspecified atom stereocenters. The molecule has 8 nitrogen and oxygen atoms in total. The Balaban J connectivity index is 1.82. The van der Waals surface area contributed by atoms with Crippen LogP contribution in [-0.4, -0.2) is 41.7 Å². The lowest BCUT2D eigenvalue weighted by Gasteiger charge is -2.03. The van der Waals surface area contributed by atoms with Crippen molar-refractivity contribution in [1.29, 1.82) is 0 Å². The maximum atomic E-state index is 11.6. The van der Waals surface area contributed by atoms with E-state index in [0.29, 0.717) is 9.47 Å². The Bertz CT molecular complexity index is 690. The van der Waals surface area contributed by atoms with Gasteiger partial charge in [-0.25, -0.2) is 4.79 Å². The van der Waals surface area contributed by atoms with Gasteiger partial charge in [0.1, 0.15) is 5.75 Å². The predicted octanol–water partition coefficient (Wildman–Crippen LogP) is 2.66. The van der Waals surface area contributed by atoms with Crippen molar-refractivity contribution < 1.29 is 19.1 Å². The monoisotopic (exact) mass is 368 g/mol. The van der Waals surface area contributed by atoms with Gasteiger partial charge in [0.2, 0.25) is 11.0 Å². The summed E-state index contributed by atoms with van der Waals surface area (Å²) in [5.74, 6) is 0.371. The van der Waals surface area contributed by atoms with Gasteiger partial charge in [0, 0.05) is 5.69 Å². The zero-order chi connectivity index (χ0) is 17.4. The molecule has 10 heteroatoms. The second-order valence-electron chi connectivity index (χ2n) is 4.28. The van der Waals surface area contributed by atoms with Gasteiger partial charge in [0.05, 0.1) is 19.5 Å². The summed E-state index contributed by atoms with van der Waals surface area (Å²) >= 11 is 2.50. The van der Waals surface area contributed by atoms with Crippen LogP contribution < -0.4 is 15.4 Å². The molecule has 2 rings (SSSR count). The van der Waals surface area contributed by atoms with Crippen LogP contribution in [0.1, 0.15) is 6.92 Å². The zero-order valence-corrected chi connectivity index (χ0v) is 14.7. The van der Waals surface area contributed by atoms with Crippen LogP contribution in [-0.2, 0) is 9.53 Å². The number of hydrogen-bond donors (Lipinski definition) is 2. The third-order valence-corrected chi connectivity index (χ3v) is 4.56. The summed E-state index contributed by atoms with van der Waals surface area (Å²) in [5, 5.41) is 13.8. The summed E-state index contributed by atoms with van der Waals surface area (Å²) < 4.78 is 10.3. The van der Waals surface area contributed by atoms with Gasteiger partial charge in [0.25, 0.3) is 0 Å². The van der Waals surface area contributed by atoms with Crippen LogP contribution in [0.3, 0.4) is 0 Å². The molecule has 0 bridgehead atoms. The van der Waals surface area contributed by atoms with E-state index in [4.69, 9.17) is 4.74 Å². The van der Waals surface area contributed by atoms with Crippen molar-refractivity contribution in [3.63, 3.8) is 0 Å². The Kier molecular flexibility index (Phi) is 6.82. The summed E-state index contributed by atoms with van der Waals surface area (Å²) in [4.78, 5) is 22.7. The number of carbonyl (C=O) groups is 2. The van der Waals surface area contributed by atoms with Gasteiger partial charge in [-0.1, -0.05) is 23.1 Å². The van der Waals surface area contributed by atoms with E-state index < -0.39 is 12.0 Å². The minimum atomic E-state index is -0.748. The van der Waals surface area contributed by atoms with Crippen LogP contribution in [0.5, 0.6) is 5.75 Å². The van der Waals surface area contributed by atoms with E-state index in [9.17, 15) is 9.59 Å². The second kappa shape index (κ2) is 9.08. The number of nitrogens with zero attached hydrogens (tertiary/aromatic N) is 2. The summed E-state index contributed by atoms with van der Waals surface area (Å²) in [5.41, 5.74) is 0.851. The van der Waals surface area contributed by atoms with E-state index in [-0.39, 0.29) is 12.4 Å². The van der Waals surface area contributed by atoms with Gasteiger partial charge in [-0.3, -0.25) is 10.1 Å². The largest absolute Gasteiger partial charge is 0.497 e. The highest BCUT2D eigenvalue weighted by Gasteiger charge is 2.11. The fraction of sp³-hybridized carbons (Fsp3) is 0.286. The summed E-state index contributed by atoms with van der Waals surface area (Å²) in [6.07, 6.45) is -0.748. The minimum absolute atomic E-state index is 0.0516. The number of imide groups is 1. The van der Waals surface area contributed by atoms with Gasteiger partial charge in [0.15, 0.2) is 4.34 Å². The number of anilines is 2. The number of alkyl carbamates (subject to hydrolysis) is 1. The second-order valence-corrected chi connectivity index (χ2v) is 6.48. The first-order valence-corrected chi connectivity index (χ1v) is 8.75. The quantitative estimate of drug-likeness (QED) is 0.719. The molecule has 2 amide bonds. The molecule has 1 aromatic carbocycles. The highest BCUT2D eigenvalue weighted by Crippen LogP contribution is 2.28. The number of aromatic nitrogens is 2. The molecule has 1 aromatic heterocycles. The number of thioether (sulfide) groups is 1. The Labute approximate surface area is 146 Å². The number of nitrogens with one attached hydrogen (secondary N) is 2. The summed E-state index contributed by atoms with van der Waals surface area (Å²) in [6, 6.07) is 7.39. The van der Waals surface area contributed by atoms with Crippen LogP contribution >= 0.6 is 23.1 Å². The number of rotatable bonds is 7. The molecular formula is C14H16N4O4S2. The van der Waals surface area contributed by atoms with Gasteiger partial charge < -0.3 is 14.8 Å². The Hall–Kier alpha value is -2.33. The fourth-order valence-corrected chi connectivity index (χ4v) is 3.13. The molecule has 0 radical (unpaired) electrons. The molecule has 0 saturated heterocycles. The van der Waals surface area contributed by atoms with E-state index in [1.54, 1.807) is 14.0 Å². The SMILES string of the molecule is CCOC(=O)NC(=O)CSc1nnc(Nc2ccc(OC)cc2)s1. The molecule has 0 fully saturated rings. The molecule has 0 spiro atoms. The van der Waals surface area contributed by atoms with E-state index in [1.165, 1.54) is 23.1 Å². The molecule has 2 aromatic rings. The Morgan fingerprint density at radius 3 is 2.67 bits per heavy atom. The molecule has 0 saturated carbocycles. The third kappa shape index (κ3) is 5.70. The normalized spacial score (nSPS) is 10.1. The topological polar surface area (TPSA) is 102 Å². The van der Waals surface area contributed by atoms with Crippen LogP contribution in [0.15, 0.2) is 28.6 Å². The lowest BCUT2D eigenvalue weighted by molar-refractivity contribution is -0.117. The van der Waals surface area contributed by atoms with Crippen molar-refractivity contribution in [3.05, 3.63) is 24.3 Å². The van der Waals surface area contributed by atoms with Crippen molar-refractivity contribution in [1.82, 2.24) is 15.5 Å². The lowest BCUT2D eigenvalue weighted by atomic mass is 10.3. The summed E-state index contributed by atoms with van der Waals surface area (Å²) in [7, 11) is 1.61. The number of amides is 2. The first-order valence-electron chi connectivity index (χ1n) is 6.94. The fourth-order valence-electron chi connectivity index (χ4n) is 1.56. The van der Waals surface area contributed by atoms with Crippen molar-refractivity contribution in [2.45, 2.75) is 11.3 Å². The lowest BCUT2D eigenvalue weighted by Crippen LogP contribution is -2.32. The molecule has 0 aliphatic heterocycles. The summed E-state index contributed by atoms with van der Waals surface area (Å²) in [6.45, 7) is 1.88. The number of carbonyl (C=O) groups excluding carboxylic acids is 2. The van der Waals surface area contributed by atoms with E-state index in [1.807, 2.05) is 24.3 Å². The van der Waals surface area contributed by atoms with E-state index >= 15 is 0 Å². The zero-order valence-electron chi connectivity index (χ0n) is 13.1. The average molecular weight is 368 g/mol. The number of benzene rings is 1. The minimum Gasteiger partial charge on any atom is -0.497 e. The van der Waals surface area contributed by atoms with Crippen molar-refractivity contribution in [2.24, 2.45) is 0 Å². The molecule has 24 heavy (non-hydrogen) atoms. The van der Waals surface area contributed by atoms with Crippen LogP contribution in [0, 0.1) is 0 Å². The molecular weight excluding hydrogens is 352 g/mol. The van der Waals surface area contributed by atoms with Crippen molar-refractivity contribution in [2.75, 3.05) is 24.8 Å². The third-order valence-electron chi connectivity index (χ3n) is 2.59. The van der Waals surface area contributed by atoms with Gasteiger partial charge >= 0.3 is 6.09 Å². The standard InChI is InChI=1S/C14H16N4O4S2/c1-3-22-13(20)16-11(19)8-23-14-18-17-12(24-14)15-9-4-6-10(21-2)7-5-9/h4-7H,3,8H2,1-2H3,(H,15,17)(H,16,19,20). The first kappa shape index (κ1) is 18.0. The Morgan fingerprint density at radius 2 is 2.00 bits per heavy atom. The van der Waals surface area contributed by atoms with Crippen LogP contribution in [0.25, 0.3) is 0 Å². The van der Waals surface area contributed by atoms with E-state index in [0.717, 1.165) is 11.4 Å². The van der Waals surface area contributed by atoms with Crippen LogP contribution in [0.4, 0.5) is 15.6 Å². The number of methoxy groups -OCH3 is 1. The molecule has 0 aliphatic rings. The maximum absolute atomic E-state index is 11.6. The number of ether oxygens (including phenoxy) is 2. The molecule has 2 N–H and O–H groups in total. The number of hydrogen-bond acceptors (Lipinski definition) is 9. The highest BCUT2D eigenvalue weighted by molar-refractivity contribution is 8.01. The van der Waals surface area contributed by atoms with E-state index in [2.05, 4.69) is 25.6 Å². The van der Waals surface area contributed by atoms with Gasteiger partial charge in [-0.2, -0.15) is 0 Å². The predicted molar refractivity (Wildman–Crippen MR) is 92.1 cm³/mol. The smallest absolute Gasteiger partial charge is 0.413 e. The molecule has 0 atom stereocenters. The average Bonchev–Trinajstić information content (AvgIpc) is 3.01. The van der Waals surface area contributed by atoms with Crippen molar-refractivity contribution >= 4 is 45.9 Å². The van der Waals surface area contributed by atoms with Gasteiger partial charge in [-0.15, -0.1) is 10.2 Å². The van der Waals surface area contributed by atoms with Crippen LogP contribution in [0.2, 0.25) is 0 Å². The van der Waals surface area contributed by atoms with Crippen molar-refractivity contribution in [3.8, 4) is 5.75 Å².